The van der Waals surface area contributed by atoms with Crippen molar-refractivity contribution in [2.75, 3.05) is 0 Å². The van der Waals surface area contributed by atoms with Crippen molar-refractivity contribution in [2.24, 2.45) is 5.84 Å². The van der Waals surface area contributed by atoms with Crippen molar-refractivity contribution in [1.29, 1.82) is 0 Å². The topological polar surface area (TPSA) is 63.8 Å². The Kier molecular flexibility index (Phi) is 3.05. The predicted octanol–water partition coefficient (Wildman–Crippen LogP) is 1.40. The minimum atomic E-state index is -0.0719. The van der Waals surface area contributed by atoms with E-state index in [1.54, 1.807) is 29.9 Å². The zero-order valence-electron chi connectivity index (χ0n) is 8.34. The molecule has 15 heavy (non-hydrogen) atoms. The van der Waals surface area contributed by atoms with Crippen LogP contribution in [0.5, 0.6) is 0 Å². The van der Waals surface area contributed by atoms with Crippen LogP contribution in [0, 0.1) is 6.92 Å². The lowest BCUT2D eigenvalue weighted by atomic mass is 10.2. The summed E-state index contributed by atoms with van der Waals surface area (Å²) in [4.78, 5) is 10.7. The van der Waals surface area contributed by atoms with Crippen molar-refractivity contribution < 1.29 is 0 Å². The fourth-order valence-corrected chi connectivity index (χ4v) is 2.33. The van der Waals surface area contributed by atoms with Gasteiger partial charge in [0.25, 0.3) is 0 Å². The molecule has 0 saturated heterocycles. The molecule has 0 amide bonds. The summed E-state index contributed by atoms with van der Waals surface area (Å²) in [5.74, 6) is 5.53. The van der Waals surface area contributed by atoms with Crippen LogP contribution in [0.25, 0.3) is 0 Å². The minimum absolute atomic E-state index is 0.0719. The molecule has 0 aromatic carbocycles. The summed E-state index contributed by atoms with van der Waals surface area (Å²) >= 11 is 1.70. The van der Waals surface area contributed by atoms with Crippen molar-refractivity contribution in [1.82, 2.24) is 15.4 Å². The van der Waals surface area contributed by atoms with E-state index < -0.39 is 0 Å². The predicted molar refractivity (Wildman–Crippen MR) is 60.3 cm³/mol. The second kappa shape index (κ2) is 4.48. The Hall–Kier alpha value is -1.30. The van der Waals surface area contributed by atoms with Gasteiger partial charge in [0, 0.05) is 22.1 Å². The maximum atomic E-state index is 5.53. The SMILES string of the molecule is Cc1ccc(C(NN)c2cnccn2)s1. The standard InChI is InChI=1S/C10H12N4S/c1-7-2-3-9(15-7)10(14-11)8-6-12-4-5-13-8/h2-6,10,14H,11H2,1H3. The van der Waals surface area contributed by atoms with E-state index in [4.69, 9.17) is 5.84 Å². The van der Waals surface area contributed by atoms with Crippen LogP contribution in [0.4, 0.5) is 0 Å². The number of hydrogen-bond acceptors (Lipinski definition) is 5. The molecule has 0 fully saturated rings. The van der Waals surface area contributed by atoms with E-state index in [1.807, 2.05) is 0 Å². The third-order valence-electron chi connectivity index (χ3n) is 2.09. The minimum Gasteiger partial charge on any atom is -0.270 e. The normalized spacial score (nSPS) is 12.7. The maximum absolute atomic E-state index is 5.53. The van der Waals surface area contributed by atoms with Gasteiger partial charge in [0.1, 0.15) is 0 Å². The summed E-state index contributed by atoms with van der Waals surface area (Å²) in [6.45, 7) is 2.07. The molecule has 1 atom stereocenters. The lowest BCUT2D eigenvalue weighted by Gasteiger charge is -2.12. The maximum Gasteiger partial charge on any atom is 0.0988 e. The van der Waals surface area contributed by atoms with Crippen molar-refractivity contribution in [3.8, 4) is 0 Å². The number of rotatable bonds is 3. The van der Waals surface area contributed by atoms with Gasteiger partial charge < -0.3 is 0 Å². The van der Waals surface area contributed by atoms with Crippen LogP contribution in [-0.4, -0.2) is 9.97 Å². The van der Waals surface area contributed by atoms with Gasteiger partial charge in [0.2, 0.25) is 0 Å². The lowest BCUT2D eigenvalue weighted by Crippen LogP contribution is -2.28. The van der Waals surface area contributed by atoms with Crippen LogP contribution in [0.2, 0.25) is 0 Å². The molecule has 0 saturated carbocycles. The van der Waals surface area contributed by atoms with Gasteiger partial charge in [-0.05, 0) is 19.1 Å². The molecular formula is C10H12N4S. The first-order chi connectivity index (χ1) is 7.31. The van der Waals surface area contributed by atoms with Gasteiger partial charge in [-0.15, -0.1) is 11.3 Å². The van der Waals surface area contributed by atoms with Crippen molar-refractivity contribution in [2.45, 2.75) is 13.0 Å². The molecule has 0 aliphatic carbocycles. The average molecular weight is 220 g/mol. The number of aryl methyl sites for hydroxylation is 1. The van der Waals surface area contributed by atoms with E-state index in [9.17, 15) is 0 Å². The molecule has 1 unspecified atom stereocenters. The molecule has 4 nitrogen and oxygen atoms in total. The second-order valence-corrected chi connectivity index (χ2v) is 4.50. The number of aromatic nitrogens is 2. The Bertz CT molecular complexity index is 426. The van der Waals surface area contributed by atoms with Crippen LogP contribution in [0.3, 0.4) is 0 Å². The van der Waals surface area contributed by atoms with Gasteiger partial charge in [0.15, 0.2) is 0 Å². The van der Waals surface area contributed by atoms with Crippen LogP contribution in [0.15, 0.2) is 30.7 Å². The number of hydrazine groups is 1. The Morgan fingerprint density at radius 3 is 2.80 bits per heavy atom. The highest BCUT2D eigenvalue weighted by molar-refractivity contribution is 7.12. The fourth-order valence-electron chi connectivity index (χ4n) is 1.38. The number of thiophene rings is 1. The molecule has 0 radical (unpaired) electrons. The van der Waals surface area contributed by atoms with Crippen LogP contribution in [-0.2, 0) is 0 Å². The Labute approximate surface area is 92.2 Å². The van der Waals surface area contributed by atoms with Gasteiger partial charge in [-0.3, -0.25) is 15.8 Å². The smallest absolute Gasteiger partial charge is 0.0988 e. The zero-order valence-corrected chi connectivity index (χ0v) is 9.16. The lowest BCUT2D eigenvalue weighted by molar-refractivity contribution is 0.627. The molecule has 78 valence electrons. The summed E-state index contributed by atoms with van der Waals surface area (Å²) in [6, 6.07) is 4.05. The van der Waals surface area contributed by atoms with E-state index >= 15 is 0 Å². The molecule has 2 rings (SSSR count). The number of hydrogen-bond donors (Lipinski definition) is 2. The first-order valence-electron chi connectivity index (χ1n) is 4.59. The first-order valence-corrected chi connectivity index (χ1v) is 5.41. The van der Waals surface area contributed by atoms with Gasteiger partial charge in [-0.25, -0.2) is 5.43 Å². The molecule has 2 aromatic heterocycles. The molecule has 5 heteroatoms. The van der Waals surface area contributed by atoms with E-state index in [-0.39, 0.29) is 6.04 Å². The Morgan fingerprint density at radius 2 is 2.27 bits per heavy atom. The molecule has 0 spiro atoms. The van der Waals surface area contributed by atoms with E-state index in [1.165, 1.54) is 4.88 Å². The third kappa shape index (κ3) is 2.20. The highest BCUT2D eigenvalue weighted by Crippen LogP contribution is 2.25. The van der Waals surface area contributed by atoms with Crippen molar-refractivity contribution >= 4 is 11.3 Å². The van der Waals surface area contributed by atoms with Crippen LogP contribution in [0.1, 0.15) is 21.5 Å². The molecule has 0 aliphatic rings. The van der Waals surface area contributed by atoms with E-state index in [0.717, 1.165) is 10.6 Å². The van der Waals surface area contributed by atoms with Gasteiger partial charge >= 0.3 is 0 Å². The average Bonchev–Trinajstić information content (AvgIpc) is 2.68. The van der Waals surface area contributed by atoms with Crippen LogP contribution < -0.4 is 11.3 Å². The number of nitrogens with one attached hydrogen (secondary N) is 1. The van der Waals surface area contributed by atoms with Gasteiger partial charge in [-0.2, -0.15) is 0 Å². The summed E-state index contributed by atoms with van der Waals surface area (Å²) in [6.07, 6.45) is 5.04. The van der Waals surface area contributed by atoms with E-state index in [0.29, 0.717) is 0 Å². The van der Waals surface area contributed by atoms with Gasteiger partial charge in [0.05, 0.1) is 17.9 Å². The third-order valence-corrected chi connectivity index (χ3v) is 3.16. The molecular weight excluding hydrogens is 208 g/mol. The Balaban J connectivity index is 2.33. The molecule has 2 aromatic rings. The van der Waals surface area contributed by atoms with Gasteiger partial charge in [-0.1, -0.05) is 0 Å². The summed E-state index contributed by atoms with van der Waals surface area (Å²) in [5.41, 5.74) is 3.59. The fraction of sp³-hybridized carbons (Fsp3) is 0.200. The molecule has 0 aliphatic heterocycles. The largest absolute Gasteiger partial charge is 0.270 e. The highest BCUT2D eigenvalue weighted by Gasteiger charge is 2.15. The monoisotopic (exact) mass is 220 g/mol. The Morgan fingerprint density at radius 1 is 1.40 bits per heavy atom. The summed E-state index contributed by atoms with van der Waals surface area (Å²) in [5, 5.41) is 0. The van der Waals surface area contributed by atoms with Crippen LogP contribution >= 0.6 is 11.3 Å². The summed E-state index contributed by atoms with van der Waals surface area (Å²) in [7, 11) is 0. The molecule has 0 bridgehead atoms. The number of nitrogens with two attached hydrogens (primary N) is 1. The van der Waals surface area contributed by atoms with Crippen molar-refractivity contribution in [3.05, 3.63) is 46.2 Å². The highest BCUT2D eigenvalue weighted by atomic mass is 32.1. The van der Waals surface area contributed by atoms with Crippen molar-refractivity contribution in [3.63, 3.8) is 0 Å². The molecule has 3 N–H and O–H groups in total. The quantitative estimate of drug-likeness (QED) is 0.606. The molecule has 2 heterocycles. The summed E-state index contributed by atoms with van der Waals surface area (Å²) < 4.78 is 0. The second-order valence-electron chi connectivity index (χ2n) is 3.18. The van der Waals surface area contributed by atoms with E-state index in [2.05, 4.69) is 34.5 Å². The first kappa shape index (κ1) is 10.2. The number of nitrogens with zero attached hydrogens (tertiary/aromatic N) is 2. The zero-order chi connectivity index (χ0) is 10.7.